The number of rotatable bonds is 11. The van der Waals surface area contributed by atoms with Crippen LogP contribution < -0.4 is 25.4 Å². The van der Waals surface area contributed by atoms with Gasteiger partial charge in [-0.15, -0.1) is 0 Å². The van der Waals surface area contributed by atoms with Crippen LogP contribution in [0.2, 0.25) is 0 Å². The van der Waals surface area contributed by atoms with Crippen molar-refractivity contribution in [2.45, 2.75) is 64.2 Å². The van der Waals surface area contributed by atoms with Crippen molar-refractivity contribution in [1.82, 2.24) is 20.9 Å². The number of methoxy groups -OCH3 is 2. The summed E-state index contributed by atoms with van der Waals surface area (Å²) in [4.78, 5) is 63.4. The first-order valence-corrected chi connectivity index (χ1v) is 13.2. The Morgan fingerprint density at radius 2 is 1.90 bits per heavy atom. The van der Waals surface area contributed by atoms with Gasteiger partial charge >= 0.3 is 0 Å². The van der Waals surface area contributed by atoms with E-state index >= 15 is 0 Å². The standard InChI is InChI=1S/C29H34N4O7/c1-17(34)31-23(27(36)30-15-19-10-11-20(39-2)14-25(19)40-3)9-5-7-18-6-4-8-21-22(18)16-33(29(21)38)24-12-13-26(35)32-28(24)37/h4,6,8,10-11,14,23-24H,5,7,9,12-13,15-16H2,1-3H3,(H,30,36)(H,31,34)(H,32,35,37). The third kappa shape index (κ3) is 6.41. The Balaban J connectivity index is 1.38. The summed E-state index contributed by atoms with van der Waals surface area (Å²) in [6.07, 6.45) is 2.04. The van der Waals surface area contributed by atoms with E-state index in [0.29, 0.717) is 42.7 Å². The number of amides is 5. The molecule has 0 aromatic heterocycles. The molecule has 0 spiro atoms. The number of nitrogens with one attached hydrogen (secondary N) is 3. The Labute approximate surface area is 232 Å². The predicted molar refractivity (Wildman–Crippen MR) is 144 cm³/mol. The summed E-state index contributed by atoms with van der Waals surface area (Å²) < 4.78 is 10.6. The zero-order chi connectivity index (χ0) is 28.8. The number of piperidine rings is 1. The van der Waals surface area contributed by atoms with Crippen LogP contribution in [0, 0.1) is 0 Å². The molecule has 4 rings (SSSR count). The van der Waals surface area contributed by atoms with Crippen LogP contribution in [0.15, 0.2) is 36.4 Å². The monoisotopic (exact) mass is 550 g/mol. The normalized spacial score (nSPS) is 17.1. The molecule has 40 heavy (non-hydrogen) atoms. The summed E-state index contributed by atoms with van der Waals surface area (Å²) in [6, 6.07) is 9.39. The highest BCUT2D eigenvalue weighted by atomic mass is 16.5. The van der Waals surface area contributed by atoms with Crippen molar-refractivity contribution >= 4 is 29.5 Å². The Morgan fingerprint density at radius 3 is 2.60 bits per heavy atom. The van der Waals surface area contributed by atoms with Crippen LogP contribution in [0.3, 0.4) is 0 Å². The summed E-state index contributed by atoms with van der Waals surface area (Å²) >= 11 is 0. The van der Waals surface area contributed by atoms with E-state index in [9.17, 15) is 24.0 Å². The number of benzene rings is 2. The number of fused-ring (bicyclic) bond motifs is 1. The minimum atomic E-state index is -0.736. The van der Waals surface area contributed by atoms with E-state index in [1.165, 1.54) is 18.9 Å². The molecule has 2 atom stereocenters. The molecule has 11 heteroatoms. The molecule has 2 aromatic rings. The van der Waals surface area contributed by atoms with Gasteiger partial charge in [0.2, 0.25) is 23.6 Å². The zero-order valence-electron chi connectivity index (χ0n) is 22.9. The van der Waals surface area contributed by atoms with Gasteiger partial charge in [-0.05, 0) is 55.0 Å². The molecule has 11 nitrogen and oxygen atoms in total. The van der Waals surface area contributed by atoms with Crippen molar-refractivity contribution in [2.24, 2.45) is 0 Å². The lowest BCUT2D eigenvalue weighted by molar-refractivity contribution is -0.137. The van der Waals surface area contributed by atoms with E-state index in [4.69, 9.17) is 9.47 Å². The molecule has 0 aliphatic carbocycles. The number of carbonyl (C=O) groups excluding carboxylic acids is 5. The van der Waals surface area contributed by atoms with Gasteiger partial charge in [0.15, 0.2) is 0 Å². The molecule has 2 heterocycles. The van der Waals surface area contributed by atoms with E-state index in [1.807, 2.05) is 6.07 Å². The quantitative estimate of drug-likeness (QED) is 0.361. The first kappa shape index (κ1) is 28.6. The maximum Gasteiger partial charge on any atom is 0.255 e. The molecule has 3 N–H and O–H groups in total. The number of hydrogen-bond acceptors (Lipinski definition) is 7. The molecule has 212 valence electrons. The van der Waals surface area contributed by atoms with Crippen LogP contribution in [0.5, 0.6) is 11.5 Å². The minimum Gasteiger partial charge on any atom is -0.497 e. The van der Waals surface area contributed by atoms with Crippen molar-refractivity contribution < 1.29 is 33.4 Å². The van der Waals surface area contributed by atoms with Crippen molar-refractivity contribution in [3.63, 3.8) is 0 Å². The molecule has 2 aliphatic rings. The van der Waals surface area contributed by atoms with Gasteiger partial charge in [0.1, 0.15) is 23.6 Å². The van der Waals surface area contributed by atoms with Crippen molar-refractivity contribution in [3.8, 4) is 11.5 Å². The predicted octanol–water partition coefficient (Wildman–Crippen LogP) is 1.61. The van der Waals surface area contributed by atoms with Gasteiger partial charge in [-0.3, -0.25) is 29.3 Å². The summed E-state index contributed by atoms with van der Waals surface area (Å²) in [6.45, 7) is 1.87. The highest BCUT2D eigenvalue weighted by Gasteiger charge is 2.39. The molecule has 1 fully saturated rings. The van der Waals surface area contributed by atoms with Crippen molar-refractivity contribution in [2.75, 3.05) is 14.2 Å². The topological polar surface area (TPSA) is 143 Å². The summed E-state index contributed by atoms with van der Waals surface area (Å²) in [7, 11) is 3.10. The average molecular weight is 551 g/mol. The molecule has 2 aliphatic heterocycles. The van der Waals surface area contributed by atoms with Gasteiger partial charge in [0.05, 0.1) is 14.2 Å². The van der Waals surface area contributed by atoms with Gasteiger partial charge in [-0.1, -0.05) is 12.1 Å². The number of ether oxygens (including phenoxy) is 2. The van der Waals surface area contributed by atoms with Crippen LogP contribution in [0.4, 0.5) is 0 Å². The van der Waals surface area contributed by atoms with E-state index < -0.39 is 18.0 Å². The minimum absolute atomic E-state index is 0.196. The lowest BCUT2D eigenvalue weighted by atomic mass is 9.97. The van der Waals surface area contributed by atoms with E-state index in [-0.39, 0.29) is 43.1 Å². The van der Waals surface area contributed by atoms with Gasteiger partial charge < -0.3 is 25.0 Å². The second-order valence-corrected chi connectivity index (χ2v) is 9.88. The van der Waals surface area contributed by atoms with Gasteiger partial charge in [-0.2, -0.15) is 0 Å². The number of nitrogens with zero attached hydrogens (tertiary/aromatic N) is 1. The third-order valence-corrected chi connectivity index (χ3v) is 7.26. The first-order chi connectivity index (χ1) is 19.2. The molecule has 5 amide bonds. The van der Waals surface area contributed by atoms with Crippen LogP contribution in [-0.2, 0) is 38.7 Å². The molecular weight excluding hydrogens is 516 g/mol. The molecule has 2 unspecified atom stereocenters. The maximum atomic E-state index is 13.1. The van der Waals surface area contributed by atoms with E-state index in [1.54, 1.807) is 37.4 Å². The molecule has 0 saturated carbocycles. The highest BCUT2D eigenvalue weighted by molar-refractivity contribution is 6.05. The molecule has 0 bridgehead atoms. The van der Waals surface area contributed by atoms with Gasteiger partial charge in [-0.25, -0.2) is 0 Å². The SMILES string of the molecule is COc1ccc(CNC(=O)C(CCCc2cccc3c2CN(C2CCC(=O)NC2=O)C3=O)NC(C)=O)c(OC)c1. The Hall–Kier alpha value is -4.41. The zero-order valence-corrected chi connectivity index (χ0v) is 22.9. The lowest BCUT2D eigenvalue weighted by Crippen LogP contribution is -2.52. The van der Waals surface area contributed by atoms with E-state index in [0.717, 1.165) is 16.7 Å². The molecule has 0 radical (unpaired) electrons. The third-order valence-electron chi connectivity index (χ3n) is 7.26. The van der Waals surface area contributed by atoms with Gasteiger partial charge in [0, 0.05) is 43.6 Å². The fraction of sp³-hybridized carbons (Fsp3) is 0.414. The highest BCUT2D eigenvalue weighted by Crippen LogP contribution is 2.30. The number of aryl methyl sites for hydroxylation is 1. The van der Waals surface area contributed by atoms with Gasteiger partial charge in [0.25, 0.3) is 5.91 Å². The summed E-state index contributed by atoms with van der Waals surface area (Å²) in [5.41, 5.74) is 3.12. The average Bonchev–Trinajstić information content (AvgIpc) is 3.27. The number of carbonyl (C=O) groups is 5. The largest absolute Gasteiger partial charge is 0.497 e. The van der Waals surface area contributed by atoms with Crippen LogP contribution in [0.1, 0.15) is 59.7 Å². The molecular formula is C29H34N4O7. The summed E-state index contributed by atoms with van der Waals surface area (Å²) in [5, 5.41) is 7.92. The fourth-order valence-electron chi connectivity index (χ4n) is 5.20. The molecule has 1 saturated heterocycles. The Morgan fingerprint density at radius 1 is 1.10 bits per heavy atom. The Kier molecular flexibility index (Phi) is 9.03. The maximum absolute atomic E-state index is 13.1. The van der Waals surface area contributed by atoms with Crippen LogP contribution in [0.25, 0.3) is 0 Å². The smallest absolute Gasteiger partial charge is 0.255 e. The van der Waals surface area contributed by atoms with Crippen LogP contribution in [-0.4, -0.2) is 60.7 Å². The number of hydrogen-bond donors (Lipinski definition) is 3. The Bertz CT molecular complexity index is 1330. The first-order valence-electron chi connectivity index (χ1n) is 13.2. The summed E-state index contributed by atoms with van der Waals surface area (Å²) in [5.74, 6) is -0.413. The van der Waals surface area contributed by atoms with E-state index in [2.05, 4.69) is 16.0 Å². The number of imide groups is 1. The molecule has 2 aromatic carbocycles. The van der Waals surface area contributed by atoms with Crippen LogP contribution >= 0.6 is 0 Å². The second-order valence-electron chi connectivity index (χ2n) is 9.88. The van der Waals surface area contributed by atoms with Crippen molar-refractivity contribution in [1.29, 1.82) is 0 Å². The fourth-order valence-corrected chi connectivity index (χ4v) is 5.20. The van der Waals surface area contributed by atoms with Crippen molar-refractivity contribution in [3.05, 3.63) is 58.7 Å². The second kappa shape index (κ2) is 12.6. The lowest BCUT2D eigenvalue weighted by Gasteiger charge is -2.29.